The van der Waals surface area contributed by atoms with Gasteiger partial charge in [-0.25, -0.2) is 4.98 Å². The molecule has 0 saturated heterocycles. The van der Waals surface area contributed by atoms with Crippen LogP contribution < -0.4 is 5.32 Å². The summed E-state index contributed by atoms with van der Waals surface area (Å²) in [5.41, 5.74) is 0.589. The molecule has 0 aliphatic carbocycles. The van der Waals surface area contributed by atoms with Crippen molar-refractivity contribution in [3.05, 3.63) is 42.7 Å². The lowest BCUT2D eigenvalue weighted by Crippen LogP contribution is -2.10. The van der Waals surface area contributed by atoms with Crippen molar-refractivity contribution in [2.45, 2.75) is 0 Å². The van der Waals surface area contributed by atoms with E-state index in [1.54, 1.807) is 6.07 Å². The molecule has 1 N–H and O–H groups in total. The zero-order chi connectivity index (χ0) is 12.4. The van der Waals surface area contributed by atoms with Gasteiger partial charge in [0.25, 0.3) is 5.91 Å². The molecule has 17 heavy (non-hydrogen) atoms. The third-order valence-electron chi connectivity index (χ3n) is 1.88. The highest BCUT2D eigenvalue weighted by Gasteiger charge is 2.12. The van der Waals surface area contributed by atoms with Crippen LogP contribution in [0.4, 0.5) is 5.69 Å². The molecule has 0 bridgehead atoms. The van der Waals surface area contributed by atoms with Gasteiger partial charge in [0.15, 0.2) is 0 Å². The first kappa shape index (κ1) is 13.0. The second-order valence-electron chi connectivity index (χ2n) is 3.05. The summed E-state index contributed by atoms with van der Waals surface area (Å²) < 4.78 is 1.42. The van der Waals surface area contributed by atoms with Crippen molar-refractivity contribution in [1.82, 2.24) is 4.98 Å². The highest BCUT2D eigenvalue weighted by atomic mass is 79.9. The number of carbonyl (C=O) groups is 1. The number of hydrogen-bond acceptors (Lipinski definition) is 3. The maximum absolute atomic E-state index is 11.9. The average Bonchev–Trinajstić information content (AvgIpc) is 2.70. The Morgan fingerprint density at radius 3 is 2.76 bits per heavy atom. The van der Waals surface area contributed by atoms with Crippen molar-refractivity contribution in [3.8, 4) is 0 Å². The maximum Gasteiger partial charge on any atom is 0.266 e. The quantitative estimate of drug-likeness (QED) is 0.756. The molecule has 0 aliphatic rings. The van der Waals surface area contributed by atoms with E-state index in [2.05, 4.69) is 42.2 Å². The Morgan fingerprint density at radius 2 is 2.18 bits per heavy atom. The number of rotatable bonds is 2. The van der Waals surface area contributed by atoms with E-state index in [1.807, 2.05) is 11.4 Å². The van der Waals surface area contributed by atoms with E-state index in [1.165, 1.54) is 17.5 Å². The summed E-state index contributed by atoms with van der Waals surface area (Å²) >= 11 is 13.7. The van der Waals surface area contributed by atoms with E-state index in [4.69, 9.17) is 11.6 Å². The van der Waals surface area contributed by atoms with Gasteiger partial charge in [0.2, 0.25) is 0 Å². The maximum atomic E-state index is 11.9. The highest BCUT2D eigenvalue weighted by molar-refractivity contribution is 9.10. The van der Waals surface area contributed by atoms with Gasteiger partial charge in [0.1, 0.15) is 10.0 Å². The summed E-state index contributed by atoms with van der Waals surface area (Å²) in [6.45, 7) is 0. The van der Waals surface area contributed by atoms with Gasteiger partial charge in [0.05, 0.1) is 16.4 Å². The second-order valence-corrected chi connectivity index (χ2v) is 6.03. The Bertz CT molecular complexity index is 573. The third kappa shape index (κ3) is 3.07. The average molecular weight is 396 g/mol. The fraction of sp³-hybridized carbons (Fsp3) is 0. The molecule has 0 fully saturated rings. The molecular formula is C10H5Br2ClN2OS. The smallest absolute Gasteiger partial charge is 0.266 e. The topological polar surface area (TPSA) is 42.0 Å². The molecule has 3 nitrogen and oxygen atoms in total. The lowest BCUT2D eigenvalue weighted by Gasteiger charge is -2.04. The van der Waals surface area contributed by atoms with E-state index in [0.717, 1.165) is 4.47 Å². The van der Waals surface area contributed by atoms with Crippen LogP contribution in [0.5, 0.6) is 0 Å². The van der Waals surface area contributed by atoms with E-state index in [-0.39, 0.29) is 5.91 Å². The predicted molar refractivity (Wildman–Crippen MR) is 76.9 cm³/mol. The van der Waals surface area contributed by atoms with Crippen LogP contribution >= 0.6 is 54.8 Å². The zero-order valence-corrected chi connectivity index (χ0v) is 13.0. The van der Waals surface area contributed by atoms with Crippen molar-refractivity contribution in [2.75, 3.05) is 5.32 Å². The molecule has 2 heterocycles. The molecule has 7 heteroatoms. The SMILES string of the molecule is O=C(Nc1cnc(Cl)c(Br)c1)c1sccc1Br. The molecule has 1 amide bonds. The molecule has 0 aromatic carbocycles. The first-order valence-corrected chi connectivity index (χ1v) is 7.27. The van der Waals surface area contributed by atoms with Crippen LogP contribution in [0.25, 0.3) is 0 Å². The Kier molecular flexibility index (Phi) is 4.19. The van der Waals surface area contributed by atoms with Crippen LogP contribution in [-0.4, -0.2) is 10.9 Å². The fourth-order valence-electron chi connectivity index (χ4n) is 1.13. The van der Waals surface area contributed by atoms with Crippen LogP contribution in [0.1, 0.15) is 9.67 Å². The summed E-state index contributed by atoms with van der Waals surface area (Å²) in [5.74, 6) is -0.178. The number of halogens is 3. The Hall–Kier alpha value is -0.430. The largest absolute Gasteiger partial charge is 0.320 e. The molecule has 0 aliphatic heterocycles. The normalized spacial score (nSPS) is 10.3. The number of nitrogens with one attached hydrogen (secondary N) is 1. The van der Waals surface area contributed by atoms with Gasteiger partial charge in [-0.2, -0.15) is 0 Å². The lowest BCUT2D eigenvalue weighted by atomic mass is 10.4. The van der Waals surface area contributed by atoms with Gasteiger partial charge in [-0.05, 0) is 49.4 Å². The van der Waals surface area contributed by atoms with Crippen molar-refractivity contribution in [2.24, 2.45) is 0 Å². The third-order valence-corrected chi connectivity index (χ3v) is 4.85. The number of anilines is 1. The summed E-state index contributed by atoms with van der Waals surface area (Å²) in [4.78, 5) is 16.4. The summed E-state index contributed by atoms with van der Waals surface area (Å²) in [6.07, 6.45) is 1.51. The minimum absolute atomic E-state index is 0.178. The number of nitrogens with zero attached hydrogens (tertiary/aromatic N) is 1. The molecule has 0 atom stereocenters. The van der Waals surface area contributed by atoms with Gasteiger partial charge in [0, 0.05) is 4.47 Å². The molecule has 0 saturated carbocycles. The minimum Gasteiger partial charge on any atom is -0.320 e. The van der Waals surface area contributed by atoms with E-state index >= 15 is 0 Å². The first-order chi connectivity index (χ1) is 8.08. The Morgan fingerprint density at radius 1 is 1.41 bits per heavy atom. The van der Waals surface area contributed by atoms with Crippen LogP contribution in [0.2, 0.25) is 5.15 Å². The van der Waals surface area contributed by atoms with Gasteiger partial charge in [-0.3, -0.25) is 4.79 Å². The molecule has 0 radical (unpaired) electrons. The van der Waals surface area contributed by atoms with Crippen molar-refractivity contribution < 1.29 is 4.79 Å². The van der Waals surface area contributed by atoms with E-state index < -0.39 is 0 Å². The molecule has 2 aromatic rings. The predicted octanol–water partition coefficient (Wildman–Crippen LogP) is 4.57. The van der Waals surface area contributed by atoms with Gasteiger partial charge in [-0.15, -0.1) is 11.3 Å². The van der Waals surface area contributed by atoms with E-state index in [0.29, 0.717) is 20.2 Å². The number of thiophene rings is 1. The van der Waals surface area contributed by atoms with Gasteiger partial charge >= 0.3 is 0 Å². The monoisotopic (exact) mass is 394 g/mol. The molecule has 2 rings (SSSR count). The Labute approximate surface area is 123 Å². The number of amides is 1. The number of carbonyl (C=O) groups excluding carboxylic acids is 1. The summed E-state index contributed by atoms with van der Waals surface area (Å²) in [6, 6.07) is 3.53. The molecule has 0 unspecified atom stereocenters. The van der Waals surface area contributed by atoms with Crippen LogP contribution in [0, 0.1) is 0 Å². The summed E-state index contributed by atoms with van der Waals surface area (Å²) in [5, 5.41) is 4.95. The lowest BCUT2D eigenvalue weighted by molar-refractivity contribution is 0.103. The second kappa shape index (κ2) is 5.48. The minimum atomic E-state index is -0.178. The van der Waals surface area contributed by atoms with E-state index in [9.17, 15) is 4.79 Å². The number of aromatic nitrogens is 1. The first-order valence-electron chi connectivity index (χ1n) is 4.43. The van der Waals surface area contributed by atoms with Crippen molar-refractivity contribution in [3.63, 3.8) is 0 Å². The van der Waals surface area contributed by atoms with Crippen molar-refractivity contribution in [1.29, 1.82) is 0 Å². The molecule has 88 valence electrons. The molecular weight excluding hydrogens is 391 g/mol. The highest BCUT2D eigenvalue weighted by Crippen LogP contribution is 2.26. The Balaban J connectivity index is 2.19. The van der Waals surface area contributed by atoms with Crippen molar-refractivity contribution >= 4 is 66.4 Å². The molecule has 2 aromatic heterocycles. The summed E-state index contributed by atoms with van der Waals surface area (Å²) in [7, 11) is 0. The fourth-order valence-corrected chi connectivity index (χ4v) is 3.03. The van der Waals surface area contributed by atoms with Crippen LogP contribution in [-0.2, 0) is 0 Å². The molecule has 0 spiro atoms. The number of hydrogen-bond donors (Lipinski definition) is 1. The zero-order valence-electron chi connectivity index (χ0n) is 8.21. The van der Waals surface area contributed by atoms with Crippen LogP contribution in [0.3, 0.4) is 0 Å². The van der Waals surface area contributed by atoms with Gasteiger partial charge < -0.3 is 5.32 Å². The number of pyridine rings is 1. The standard InChI is InChI=1S/C10H5Br2ClN2OS/c11-6-1-2-17-8(6)10(16)15-5-3-7(12)9(13)14-4-5/h1-4H,(H,15,16). The van der Waals surface area contributed by atoms with Gasteiger partial charge in [-0.1, -0.05) is 11.6 Å². The van der Waals surface area contributed by atoms with Crippen LogP contribution in [0.15, 0.2) is 32.7 Å².